The summed E-state index contributed by atoms with van der Waals surface area (Å²) in [5, 5.41) is 0. The molecule has 0 bridgehead atoms. The van der Waals surface area contributed by atoms with Crippen LogP contribution in [-0.4, -0.2) is 22.0 Å². The molecule has 1 aromatic rings. The van der Waals surface area contributed by atoms with E-state index in [0.717, 1.165) is 24.6 Å². The molecule has 0 fully saturated rings. The van der Waals surface area contributed by atoms with E-state index in [2.05, 4.69) is 12.1 Å². The van der Waals surface area contributed by atoms with Gasteiger partial charge in [0.05, 0.1) is 0 Å². The molecule has 0 radical (unpaired) electrons. The van der Waals surface area contributed by atoms with Gasteiger partial charge in [-0.1, -0.05) is 18.2 Å². The first-order chi connectivity index (χ1) is 8.29. The summed E-state index contributed by atoms with van der Waals surface area (Å²) in [6.45, 7) is 5.28. The number of benzene rings is 1. The van der Waals surface area contributed by atoms with Crippen molar-refractivity contribution in [3.05, 3.63) is 29.8 Å². The number of rotatable bonds is 4. The first kappa shape index (κ1) is 12.6. The van der Waals surface area contributed by atoms with Crippen LogP contribution in [0.4, 0.5) is 0 Å². The smallest absolute Gasteiger partial charge is 0.500 e. The summed E-state index contributed by atoms with van der Waals surface area (Å²) in [6.07, 6.45) is 2.12. The van der Waals surface area contributed by atoms with Gasteiger partial charge < -0.3 is 13.3 Å². The van der Waals surface area contributed by atoms with Crippen LogP contribution in [0.3, 0.4) is 0 Å². The maximum absolute atomic E-state index is 6.12. The SMILES string of the molecule is CCO[Si]1(OCC)CCCc2ccccc2O1. The third kappa shape index (κ3) is 2.88. The van der Waals surface area contributed by atoms with Gasteiger partial charge in [-0.2, -0.15) is 0 Å². The van der Waals surface area contributed by atoms with E-state index in [1.165, 1.54) is 5.56 Å². The molecule has 0 saturated heterocycles. The van der Waals surface area contributed by atoms with Crippen molar-refractivity contribution in [2.24, 2.45) is 0 Å². The zero-order valence-electron chi connectivity index (χ0n) is 10.6. The number of aryl methyl sites for hydroxylation is 1. The van der Waals surface area contributed by atoms with Crippen molar-refractivity contribution in [1.82, 2.24) is 0 Å². The Kier molecular flexibility index (Phi) is 4.20. The highest BCUT2D eigenvalue weighted by atomic mass is 28.4. The van der Waals surface area contributed by atoms with Crippen molar-refractivity contribution in [3.8, 4) is 5.75 Å². The van der Waals surface area contributed by atoms with Crippen molar-refractivity contribution in [1.29, 1.82) is 0 Å². The fraction of sp³-hybridized carbons (Fsp3) is 0.538. The van der Waals surface area contributed by atoms with E-state index in [1.54, 1.807) is 0 Å². The Morgan fingerprint density at radius 1 is 1.18 bits per heavy atom. The zero-order chi connectivity index (χ0) is 12.1. The minimum atomic E-state index is -2.48. The summed E-state index contributed by atoms with van der Waals surface area (Å²) >= 11 is 0. The summed E-state index contributed by atoms with van der Waals surface area (Å²) in [7, 11) is -2.48. The van der Waals surface area contributed by atoms with Crippen molar-refractivity contribution >= 4 is 8.80 Å². The number of para-hydroxylation sites is 1. The lowest BCUT2D eigenvalue weighted by atomic mass is 10.1. The van der Waals surface area contributed by atoms with Gasteiger partial charge in [0.25, 0.3) is 0 Å². The predicted molar refractivity (Wildman–Crippen MR) is 69.2 cm³/mol. The molecule has 0 aromatic heterocycles. The van der Waals surface area contributed by atoms with Gasteiger partial charge in [-0.25, -0.2) is 0 Å². The van der Waals surface area contributed by atoms with Crippen molar-refractivity contribution in [2.45, 2.75) is 32.7 Å². The van der Waals surface area contributed by atoms with Gasteiger partial charge in [-0.15, -0.1) is 0 Å². The number of hydrogen-bond donors (Lipinski definition) is 0. The second-order valence-electron chi connectivity index (χ2n) is 4.11. The quantitative estimate of drug-likeness (QED) is 0.771. The van der Waals surface area contributed by atoms with E-state index in [9.17, 15) is 0 Å². The average molecular weight is 252 g/mol. The molecule has 17 heavy (non-hydrogen) atoms. The van der Waals surface area contributed by atoms with E-state index in [4.69, 9.17) is 13.3 Å². The van der Waals surface area contributed by atoms with Gasteiger partial charge in [0.2, 0.25) is 0 Å². The van der Waals surface area contributed by atoms with E-state index < -0.39 is 8.80 Å². The van der Waals surface area contributed by atoms with Crippen LogP contribution in [0.2, 0.25) is 6.04 Å². The molecule has 1 aliphatic heterocycles. The molecule has 0 N–H and O–H groups in total. The monoisotopic (exact) mass is 252 g/mol. The highest BCUT2D eigenvalue weighted by Gasteiger charge is 2.44. The molecular formula is C13H20O3Si. The minimum Gasteiger partial charge on any atom is -0.500 e. The number of fused-ring (bicyclic) bond motifs is 1. The second-order valence-corrected chi connectivity index (χ2v) is 6.76. The highest BCUT2D eigenvalue weighted by molar-refractivity contribution is 6.61. The Morgan fingerprint density at radius 2 is 1.88 bits per heavy atom. The molecule has 4 heteroatoms. The van der Waals surface area contributed by atoms with Gasteiger partial charge >= 0.3 is 8.80 Å². The molecule has 3 nitrogen and oxygen atoms in total. The highest BCUT2D eigenvalue weighted by Crippen LogP contribution is 2.31. The van der Waals surface area contributed by atoms with Gasteiger partial charge in [0.1, 0.15) is 5.75 Å². The van der Waals surface area contributed by atoms with Crippen LogP contribution in [0.25, 0.3) is 0 Å². The van der Waals surface area contributed by atoms with E-state index in [0.29, 0.717) is 13.2 Å². The topological polar surface area (TPSA) is 27.7 Å². The van der Waals surface area contributed by atoms with Crippen LogP contribution in [0.5, 0.6) is 5.75 Å². The lowest BCUT2D eigenvalue weighted by molar-refractivity contribution is 0.117. The molecular weight excluding hydrogens is 232 g/mol. The average Bonchev–Trinajstić information content (AvgIpc) is 2.49. The minimum absolute atomic E-state index is 0.647. The summed E-state index contributed by atoms with van der Waals surface area (Å²) in [4.78, 5) is 0. The Hall–Kier alpha value is -0.843. The van der Waals surface area contributed by atoms with Crippen LogP contribution >= 0.6 is 0 Å². The summed E-state index contributed by atoms with van der Waals surface area (Å²) < 4.78 is 17.8. The van der Waals surface area contributed by atoms with Gasteiger partial charge in [0.15, 0.2) is 0 Å². The lowest BCUT2D eigenvalue weighted by Gasteiger charge is -2.28. The number of hydrogen-bond acceptors (Lipinski definition) is 3. The molecule has 0 saturated carbocycles. The third-order valence-corrected chi connectivity index (χ3v) is 5.85. The molecule has 0 spiro atoms. The van der Waals surface area contributed by atoms with E-state index in [-0.39, 0.29) is 0 Å². The van der Waals surface area contributed by atoms with Crippen LogP contribution in [-0.2, 0) is 15.3 Å². The van der Waals surface area contributed by atoms with Crippen LogP contribution in [0.1, 0.15) is 25.8 Å². The van der Waals surface area contributed by atoms with Crippen LogP contribution < -0.4 is 4.43 Å². The lowest BCUT2D eigenvalue weighted by Crippen LogP contribution is -2.48. The van der Waals surface area contributed by atoms with Crippen LogP contribution in [0, 0.1) is 0 Å². The summed E-state index contributed by atoms with van der Waals surface area (Å²) in [5.41, 5.74) is 1.27. The first-order valence-corrected chi connectivity index (χ1v) is 8.27. The van der Waals surface area contributed by atoms with Crippen molar-refractivity contribution < 1.29 is 13.3 Å². The fourth-order valence-corrected chi connectivity index (χ4v) is 4.82. The van der Waals surface area contributed by atoms with Gasteiger partial charge in [-0.05, 0) is 38.3 Å². The Bertz CT molecular complexity index is 361. The van der Waals surface area contributed by atoms with E-state index in [1.807, 2.05) is 26.0 Å². The van der Waals surface area contributed by atoms with E-state index >= 15 is 0 Å². The summed E-state index contributed by atoms with van der Waals surface area (Å²) in [5.74, 6) is 0.943. The van der Waals surface area contributed by atoms with Gasteiger partial charge in [0, 0.05) is 19.3 Å². The Labute approximate surface area is 104 Å². The summed E-state index contributed by atoms with van der Waals surface area (Å²) in [6, 6.07) is 9.10. The normalized spacial score (nSPS) is 18.0. The largest absolute Gasteiger partial charge is 0.566 e. The predicted octanol–water partition coefficient (Wildman–Crippen LogP) is 3.02. The van der Waals surface area contributed by atoms with Crippen molar-refractivity contribution in [2.75, 3.05) is 13.2 Å². The molecule has 0 amide bonds. The van der Waals surface area contributed by atoms with Gasteiger partial charge in [-0.3, -0.25) is 0 Å². The molecule has 1 heterocycles. The molecule has 0 unspecified atom stereocenters. The Balaban J connectivity index is 2.25. The van der Waals surface area contributed by atoms with Crippen molar-refractivity contribution in [3.63, 3.8) is 0 Å². The van der Waals surface area contributed by atoms with Crippen LogP contribution in [0.15, 0.2) is 24.3 Å². The molecule has 0 atom stereocenters. The molecule has 1 aliphatic rings. The maximum atomic E-state index is 6.12. The molecule has 1 aromatic carbocycles. The first-order valence-electron chi connectivity index (χ1n) is 6.34. The fourth-order valence-electron chi connectivity index (χ4n) is 2.21. The third-order valence-electron chi connectivity index (χ3n) is 2.90. The standard InChI is InChI=1S/C13H20O3Si/c1-3-14-17(15-4-2)11-7-9-12-8-5-6-10-13(12)16-17/h5-6,8,10H,3-4,7,9,11H2,1-2H3. The molecule has 2 rings (SSSR count). The second kappa shape index (κ2) is 5.66. The molecule has 0 aliphatic carbocycles. The molecule has 94 valence electrons. The zero-order valence-corrected chi connectivity index (χ0v) is 11.6. The maximum Gasteiger partial charge on any atom is 0.566 e. The Morgan fingerprint density at radius 3 is 2.59 bits per heavy atom.